The quantitative estimate of drug-likeness (QED) is 0.751. The second kappa shape index (κ2) is 8.84. The molecule has 0 bridgehead atoms. The number of amides is 3. The molecule has 0 aromatic heterocycles. The Balaban J connectivity index is 1.57. The van der Waals surface area contributed by atoms with Crippen LogP contribution in [0.1, 0.15) is 28.4 Å². The summed E-state index contributed by atoms with van der Waals surface area (Å²) < 4.78 is 13.0. The number of hydrogen-bond acceptors (Lipinski definition) is 4. The highest BCUT2D eigenvalue weighted by Crippen LogP contribution is 2.31. The predicted octanol–water partition coefficient (Wildman–Crippen LogP) is 3.85. The molecule has 2 aromatic carbocycles. The lowest BCUT2D eigenvalue weighted by Gasteiger charge is -2.13. The maximum atomic E-state index is 13.0. The molecule has 3 amide bonds. The Morgan fingerprint density at radius 1 is 1.11 bits per heavy atom. The first-order valence-electron chi connectivity index (χ1n) is 8.86. The lowest BCUT2D eigenvalue weighted by Crippen LogP contribution is -2.37. The molecule has 1 N–H and O–H groups in total. The summed E-state index contributed by atoms with van der Waals surface area (Å²) in [7, 11) is 0. The molecule has 3 rings (SSSR count). The molecule has 28 heavy (non-hydrogen) atoms. The van der Waals surface area contributed by atoms with Crippen LogP contribution in [-0.4, -0.2) is 35.0 Å². The molecule has 0 spiro atoms. The topological polar surface area (TPSA) is 66.5 Å². The number of imide groups is 1. The first-order valence-corrected chi connectivity index (χ1v) is 9.67. The molecule has 1 heterocycles. The fraction of sp³-hybridized carbons (Fsp3) is 0.190. The average Bonchev–Trinajstić information content (AvgIpc) is 2.97. The maximum absolute atomic E-state index is 13.0. The van der Waals surface area contributed by atoms with E-state index in [2.05, 4.69) is 5.32 Å². The van der Waals surface area contributed by atoms with Gasteiger partial charge in [0.05, 0.1) is 4.91 Å². The van der Waals surface area contributed by atoms with Crippen molar-refractivity contribution in [2.24, 2.45) is 0 Å². The number of thioether (sulfide) groups is 1. The van der Waals surface area contributed by atoms with E-state index in [9.17, 15) is 18.8 Å². The van der Waals surface area contributed by atoms with E-state index in [1.807, 2.05) is 19.1 Å². The minimum absolute atomic E-state index is 0.0875. The van der Waals surface area contributed by atoms with Crippen LogP contribution in [0.4, 0.5) is 9.18 Å². The molecule has 0 atom stereocenters. The van der Waals surface area contributed by atoms with Crippen molar-refractivity contribution in [1.82, 2.24) is 10.2 Å². The van der Waals surface area contributed by atoms with Gasteiger partial charge in [-0.25, -0.2) is 4.39 Å². The Hall–Kier alpha value is -2.93. The van der Waals surface area contributed by atoms with E-state index in [0.29, 0.717) is 11.1 Å². The normalized spacial score (nSPS) is 15.4. The average molecular weight is 398 g/mol. The van der Waals surface area contributed by atoms with Gasteiger partial charge in [-0.15, -0.1) is 0 Å². The van der Waals surface area contributed by atoms with Crippen LogP contribution in [-0.2, 0) is 11.2 Å². The zero-order chi connectivity index (χ0) is 20.1. The summed E-state index contributed by atoms with van der Waals surface area (Å²) in [6.45, 7) is 2.29. The molecular weight excluding hydrogens is 379 g/mol. The van der Waals surface area contributed by atoms with Gasteiger partial charge in [-0.05, 0) is 59.7 Å². The van der Waals surface area contributed by atoms with Gasteiger partial charge in [-0.1, -0.05) is 31.2 Å². The third-order valence-electron chi connectivity index (χ3n) is 4.29. The van der Waals surface area contributed by atoms with E-state index in [4.69, 9.17) is 0 Å². The summed E-state index contributed by atoms with van der Waals surface area (Å²) in [4.78, 5) is 38.1. The summed E-state index contributed by atoms with van der Waals surface area (Å²) in [6.07, 6.45) is 2.45. The van der Waals surface area contributed by atoms with Gasteiger partial charge in [0, 0.05) is 18.7 Å². The Morgan fingerprint density at radius 2 is 1.79 bits per heavy atom. The second-order valence-corrected chi connectivity index (χ2v) is 7.18. The van der Waals surface area contributed by atoms with Gasteiger partial charge in [0.25, 0.3) is 17.1 Å². The van der Waals surface area contributed by atoms with Gasteiger partial charge in [-0.3, -0.25) is 19.3 Å². The van der Waals surface area contributed by atoms with Gasteiger partial charge in [0.1, 0.15) is 5.82 Å². The summed E-state index contributed by atoms with van der Waals surface area (Å²) in [5.41, 5.74) is 2.31. The van der Waals surface area contributed by atoms with Crippen LogP contribution >= 0.6 is 11.8 Å². The van der Waals surface area contributed by atoms with Crippen molar-refractivity contribution in [3.8, 4) is 0 Å². The molecule has 0 saturated carbocycles. The molecule has 144 valence electrons. The predicted molar refractivity (Wildman–Crippen MR) is 107 cm³/mol. The first kappa shape index (κ1) is 19.8. The number of benzene rings is 2. The van der Waals surface area contributed by atoms with E-state index in [1.54, 1.807) is 18.2 Å². The van der Waals surface area contributed by atoms with Gasteiger partial charge >= 0.3 is 0 Å². The Labute approximate surface area is 166 Å². The van der Waals surface area contributed by atoms with Crippen molar-refractivity contribution in [2.45, 2.75) is 13.3 Å². The smallest absolute Gasteiger partial charge is 0.293 e. The standard InChI is InChI=1S/C21H19FN2O3S/c1-2-14-3-7-16(8-4-14)19(25)23-11-12-24-20(26)18(28-21(24)27)13-15-5-9-17(22)10-6-15/h3-10,13H,2,11-12H2,1H3,(H,23,25). The third-order valence-corrected chi connectivity index (χ3v) is 5.19. The van der Waals surface area contributed by atoms with E-state index >= 15 is 0 Å². The van der Waals surface area contributed by atoms with Gasteiger partial charge in [0.2, 0.25) is 0 Å². The van der Waals surface area contributed by atoms with Crippen LogP contribution < -0.4 is 5.32 Å². The highest BCUT2D eigenvalue weighted by molar-refractivity contribution is 8.18. The van der Waals surface area contributed by atoms with Crippen LogP contribution in [0.15, 0.2) is 53.4 Å². The maximum Gasteiger partial charge on any atom is 0.293 e. The minimum Gasteiger partial charge on any atom is -0.350 e. The number of carbonyl (C=O) groups excluding carboxylic acids is 3. The largest absolute Gasteiger partial charge is 0.350 e. The molecule has 2 aromatic rings. The first-order chi connectivity index (χ1) is 13.5. The molecule has 1 aliphatic heterocycles. The highest BCUT2D eigenvalue weighted by Gasteiger charge is 2.34. The van der Waals surface area contributed by atoms with E-state index < -0.39 is 5.91 Å². The fourth-order valence-electron chi connectivity index (χ4n) is 2.68. The molecule has 5 nitrogen and oxygen atoms in total. The highest BCUT2D eigenvalue weighted by atomic mass is 32.2. The van der Waals surface area contributed by atoms with E-state index in [1.165, 1.54) is 24.3 Å². The van der Waals surface area contributed by atoms with Crippen molar-refractivity contribution in [2.75, 3.05) is 13.1 Å². The van der Waals surface area contributed by atoms with E-state index in [-0.39, 0.29) is 35.0 Å². The van der Waals surface area contributed by atoms with Crippen LogP contribution in [0.3, 0.4) is 0 Å². The van der Waals surface area contributed by atoms with Crippen LogP contribution in [0.25, 0.3) is 6.08 Å². The van der Waals surface area contributed by atoms with Crippen molar-refractivity contribution < 1.29 is 18.8 Å². The Kier molecular flexibility index (Phi) is 6.26. The molecular formula is C21H19FN2O3S. The number of nitrogens with one attached hydrogen (secondary N) is 1. The van der Waals surface area contributed by atoms with E-state index in [0.717, 1.165) is 28.6 Å². The molecule has 7 heteroatoms. The number of carbonyl (C=O) groups is 3. The van der Waals surface area contributed by atoms with Gasteiger partial charge in [-0.2, -0.15) is 0 Å². The lowest BCUT2D eigenvalue weighted by molar-refractivity contribution is -0.122. The van der Waals surface area contributed by atoms with Gasteiger partial charge in [0.15, 0.2) is 0 Å². The summed E-state index contributed by atoms with van der Waals surface area (Å²) in [6, 6.07) is 12.9. The lowest BCUT2D eigenvalue weighted by atomic mass is 10.1. The summed E-state index contributed by atoms with van der Waals surface area (Å²) in [5.74, 6) is -1.04. The van der Waals surface area contributed by atoms with Gasteiger partial charge < -0.3 is 5.32 Å². The number of hydrogen-bond donors (Lipinski definition) is 1. The number of nitrogens with zero attached hydrogens (tertiary/aromatic N) is 1. The summed E-state index contributed by atoms with van der Waals surface area (Å²) >= 11 is 0.832. The number of aryl methyl sites for hydroxylation is 1. The van der Waals surface area contributed by atoms with Crippen molar-refractivity contribution in [3.05, 3.63) is 75.9 Å². The van der Waals surface area contributed by atoms with Crippen molar-refractivity contribution >= 4 is 34.9 Å². The minimum atomic E-state index is -0.416. The SMILES string of the molecule is CCc1ccc(C(=O)NCCN2C(=O)SC(=Cc3ccc(F)cc3)C2=O)cc1. The molecule has 0 aliphatic carbocycles. The zero-order valence-electron chi connectivity index (χ0n) is 15.3. The van der Waals surface area contributed by atoms with Crippen molar-refractivity contribution in [1.29, 1.82) is 0 Å². The molecule has 0 unspecified atom stereocenters. The monoisotopic (exact) mass is 398 g/mol. The fourth-order valence-corrected chi connectivity index (χ4v) is 3.54. The number of rotatable bonds is 6. The Morgan fingerprint density at radius 3 is 2.43 bits per heavy atom. The third kappa shape index (κ3) is 4.67. The van der Waals surface area contributed by atoms with Crippen LogP contribution in [0.2, 0.25) is 0 Å². The number of halogens is 1. The molecule has 1 fully saturated rings. The second-order valence-electron chi connectivity index (χ2n) is 6.19. The summed E-state index contributed by atoms with van der Waals surface area (Å²) in [5, 5.41) is 2.33. The van der Waals surface area contributed by atoms with Crippen molar-refractivity contribution in [3.63, 3.8) is 0 Å². The molecule has 1 aliphatic rings. The molecule has 1 saturated heterocycles. The van der Waals surface area contributed by atoms with Crippen LogP contribution in [0.5, 0.6) is 0 Å². The Bertz CT molecular complexity index is 924. The molecule has 0 radical (unpaired) electrons. The van der Waals surface area contributed by atoms with Crippen LogP contribution in [0, 0.1) is 5.82 Å². The zero-order valence-corrected chi connectivity index (χ0v) is 16.1.